The Morgan fingerprint density at radius 2 is 2.00 bits per heavy atom. The molecule has 1 heterocycles. The second-order valence-electron chi connectivity index (χ2n) is 5.06. The van der Waals surface area contributed by atoms with Gasteiger partial charge in [-0.3, -0.25) is 4.79 Å². The molecule has 0 aliphatic rings. The maximum atomic E-state index is 12.4. The second kappa shape index (κ2) is 6.57. The molecule has 1 N–H and O–H groups in total. The number of amides is 1. The average molecular weight is 275 g/mol. The number of unbranched alkanes of at least 4 members (excludes halogenated alkanes) is 2. The predicted molar refractivity (Wildman–Crippen MR) is 78.8 cm³/mol. The third-order valence-electron chi connectivity index (χ3n) is 3.54. The van der Waals surface area contributed by atoms with Crippen molar-refractivity contribution in [1.29, 1.82) is 0 Å². The minimum atomic E-state index is -0.0808. The highest BCUT2D eigenvalue weighted by atomic mass is 16.3. The van der Waals surface area contributed by atoms with E-state index >= 15 is 0 Å². The van der Waals surface area contributed by atoms with Crippen molar-refractivity contribution in [3.05, 3.63) is 35.6 Å². The molecule has 0 saturated heterocycles. The van der Waals surface area contributed by atoms with E-state index in [4.69, 9.17) is 9.52 Å². The fourth-order valence-electron chi connectivity index (χ4n) is 2.29. The molecule has 1 aromatic carbocycles. The quantitative estimate of drug-likeness (QED) is 0.825. The molecular weight excluding hydrogens is 254 g/mol. The van der Waals surface area contributed by atoms with E-state index in [2.05, 4.69) is 0 Å². The number of benzene rings is 1. The average Bonchev–Trinajstić information content (AvgIpc) is 2.80. The SMILES string of the molecule is Cc1c(C(=O)N(C)CCCCCO)oc2ccccc12. The summed E-state index contributed by atoms with van der Waals surface area (Å²) < 4.78 is 5.68. The number of fused-ring (bicyclic) bond motifs is 1. The molecule has 1 amide bonds. The van der Waals surface area contributed by atoms with E-state index in [1.54, 1.807) is 11.9 Å². The van der Waals surface area contributed by atoms with Crippen molar-refractivity contribution in [2.75, 3.05) is 20.2 Å². The Hall–Kier alpha value is -1.81. The van der Waals surface area contributed by atoms with Crippen LogP contribution >= 0.6 is 0 Å². The summed E-state index contributed by atoms with van der Waals surface area (Å²) in [7, 11) is 1.79. The van der Waals surface area contributed by atoms with Crippen LogP contribution in [-0.2, 0) is 0 Å². The molecule has 4 nitrogen and oxygen atoms in total. The number of carbonyl (C=O) groups is 1. The van der Waals surface area contributed by atoms with Crippen molar-refractivity contribution in [3.8, 4) is 0 Å². The Morgan fingerprint density at radius 1 is 1.25 bits per heavy atom. The normalized spacial score (nSPS) is 10.9. The Bertz CT molecular complexity index is 588. The van der Waals surface area contributed by atoms with Crippen molar-refractivity contribution in [2.45, 2.75) is 26.2 Å². The summed E-state index contributed by atoms with van der Waals surface area (Å²) in [6.45, 7) is 2.80. The first-order chi connectivity index (χ1) is 9.65. The van der Waals surface area contributed by atoms with E-state index in [0.29, 0.717) is 12.3 Å². The minimum Gasteiger partial charge on any atom is -0.451 e. The number of para-hydroxylation sites is 1. The van der Waals surface area contributed by atoms with Gasteiger partial charge in [0.15, 0.2) is 5.76 Å². The van der Waals surface area contributed by atoms with Crippen LogP contribution < -0.4 is 0 Å². The van der Waals surface area contributed by atoms with E-state index in [1.165, 1.54) is 0 Å². The molecule has 0 saturated carbocycles. The van der Waals surface area contributed by atoms with Crippen LogP contribution in [0.15, 0.2) is 28.7 Å². The van der Waals surface area contributed by atoms with Gasteiger partial charge in [-0.15, -0.1) is 0 Å². The molecule has 1 aromatic heterocycles. The standard InChI is InChI=1S/C16H21NO3/c1-12-13-8-4-5-9-14(13)20-15(12)16(19)17(2)10-6-3-7-11-18/h4-5,8-9,18H,3,6-7,10-11H2,1-2H3. The number of rotatable bonds is 6. The van der Waals surface area contributed by atoms with Gasteiger partial charge in [-0.1, -0.05) is 18.2 Å². The van der Waals surface area contributed by atoms with Gasteiger partial charge in [0, 0.05) is 31.1 Å². The number of hydrogen-bond donors (Lipinski definition) is 1. The van der Waals surface area contributed by atoms with Crippen molar-refractivity contribution in [1.82, 2.24) is 4.90 Å². The molecular formula is C16H21NO3. The molecule has 0 atom stereocenters. The van der Waals surface area contributed by atoms with Crippen LogP contribution in [0.25, 0.3) is 11.0 Å². The van der Waals surface area contributed by atoms with Crippen LogP contribution in [0.4, 0.5) is 0 Å². The molecule has 0 fully saturated rings. The van der Waals surface area contributed by atoms with Gasteiger partial charge in [-0.2, -0.15) is 0 Å². The van der Waals surface area contributed by atoms with E-state index < -0.39 is 0 Å². The van der Waals surface area contributed by atoms with Gasteiger partial charge in [-0.25, -0.2) is 0 Å². The summed E-state index contributed by atoms with van der Waals surface area (Å²) >= 11 is 0. The van der Waals surface area contributed by atoms with Crippen molar-refractivity contribution < 1.29 is 14.3 Å². The third kappa shape index (κ3) is 3.02. The molecule has 2 aromatic rings. The maximum absolute atomic E-state index is 12.4. The Balaban J connectivity index is 2.08. The highest BCUT2D eigenvalue weighted by Crippen LogP contribution is 2.25. The molecule has 0 spiro atoms. The summed E-state index contributed by atoms with van der Waals surface area (Å²) in [6, 6.07) is 7.68. The number of hydrogen-bond acceptors (Lipinski definition) is 3. The van der Waals surface area contributed by atoms with Gasteiger partial charge in [0.25, 0.3) is 5.91 Å². The molecule has 4 heteroatoms. The van der Waals surface area contributed by atoms with Gasteiger partial charge < -0.3 is 14.4 Å². The highest BCUT2D eigenvalue weighted by Gasteiger charge is 2.20. The number of aliphatic hydroxyl groups is 1. The number of aryl methyl sites for hydroxylation is 1. The number of furan rings is 1. The van der Waals surface area contributed by atoms with Crippen LogP contribution in [0.1, 0.15) is 35.4 Å². The summed E-state index contributed by atoms with van der Waals surface area (Å²) in [5, 5.41) is 9.73. The summed E-state index contributed by atoms with van der Waals surface area (Å²) in [4.78, 5) is 14.1. The van der Waals surface area contributed by atoms with Gasteiger partial charge in [0.05, 0.1) is 0 Å². The lowest BCUT2D eigenvalue weighted by Gasteiger charge is -2.15. The largest absolute Gasteiger partial charge is 0.451 e. The minimum absolute atomic E-state index is 0.0808. The van der Waals surface area contributed by atoms with E-state index in [9.17, 15) is 4.79 Å². The van der Waals surface area contributed by atoms with Crippen molar-refractivity contribution in [2.24, 2.45) is 0 Å². The zero-order valence-electron chi connectivity index (χ0n) is 12.1. The third-order valence-corrected chi connectivity index (χ3v) is 3.54. The van der Waals surface area contributed by atoms with Crippen LogP contribution in [-0.4, -0.2) is 36.1 Å². The highest BCUT2D eigenvalue weighted by molar-refractivity contribution is 5.98. The number of carbonyl (C=O) groups excluding carboxylic acids is 1. The van der Waals surface area contributed by atoms with Crippen molar-refractivity contribution >= 4 is 16.9 Å². The zero-order chi connectivity index (χ0) is 14.5. The summed E-state index contributed by atoms with van der Waals surface area (Å²) in [6.07, 6.45) is 2.60. The Labute approximate surface area is 119 Å². The van der Waals surface area contributed by atoms with Crippen LogP contribution in [0.3, 0.4) is 0 Å². The van der Waals surface area contributed by atoms with Gasteiger partial charge >= 0.3 is 0 Å². The molecule has 20 heavy (non-hydrogen) atoms. The maximum Gasteiger partial charge on any atom is 0.289 e. The van der Waals surface area contributed by atoms with Gasteiger partial charge in [-0.05, 0) is 32.3 Å². The topological polar surface area (TPSA) is 53.7 Å². The van der Waals surface area contributed by atoms with Gasteiger partial charge in [0.1, 0.15) is 5.58 Å². The zero-order valence-corrected chi connectivity index (χ0v) is 12.1. The summed E-state index contributed by atoms with van der Waals surface area (Å²) in [5.41, 5.74) is 1.65. The molecule has 0 bridgehead atoms. The monoisotopic (exact) mass is 275 g/mol. The fraction of sp³-hybridized carbons (Fsp3) is 0.438. The first kappa shape index (κ1) is 14.6. The van der Waals surface area contributed by atoms with E-state index in [-0.39, 0.29) is 12.5 Å². The predicted octanol–water partition coefficient (Wildman–Crippen LogP) is 2.98. The number of aliphatic hydroxyl groups excluding tert-OH is 1. The molecule has 108 valence electrons. The Morgan fingerprint density at radius 3 is 2.70 bits per heavy atom. The lowest BCUT2D eigenvalue weighted by Crippen LogP contribution is -2.27. The second-order valence-corrected chi connectivity index (χ2v) is 5.06. The Kier molecular flexibility index (Phi) is 4.79. The first-order valence-corrected chi connectivity index (χ1v) is 6.99. The van der Waals surface area contributed by atoms with Crippen molar-refractivity contribution in [3.63, 3.8) is 0 Å². The lowest BCUT2D eigenvalue weighted by atomic mass is 10.1. The fourth-order valence-corrected chi connectivity index (χ4v) is 2.29. The molecule has 0 aliphatic heterocycles. The molecule has 0 radical (unpaired) electrons. The summed E-state index contributed by atoms with van der Waals surface area (Å²) in [5.74, 6) is 0.346. The van der Waals surface area contributed by atoms with Crippen LogP contribution in [0.2, 0.25) is 0 Å². The molecule has 0 aliphatic carbocycles. The van der Waals surface area contributed by atoms with E-state index in [0.717, 1.165) is 35.8 Å². The lowest BCUT2D eigenvalue weighted by molar-refractivity contribution is 0.0762. The van der Waals surface area contributed by atoms with E-state index in [1.807, 2.05) is 31.2 Å². The van der Waals surface area contributed by atoms with Gasteiger partial charge in [0.2, 0.25) is 0 Å². The van der Waals surface area contributed by atoms with Crippen LogP contribution in [0.5, 0.6) is 0 Å². The molecule has 2 rings (SSSR count). The van der Waals surface area contributed by atoms with Crippen LogP contribution in [0, 0.1) is 6.92 Å². The molecule has 0 unspecified atom stereocenters. The smallest absolute Gasteiger partial charge is 0.289 e. The first-order valence-electron chi connectivity index (χ1n) is 6.99. The number of nitrogens with zero attached hydrogens (tertiary/aromatic N) is 1.